The van der Waals surface area contributed by atoms with Crippen LogP contribution >= 0.6 is 0 Å². The fourth-order valence-corrected chi connectivity index (χ4v) is 3.42. The van der Waals surface area contributed by atoms with E-state index < -0.39 is 0 Å². The quantitative estimate of drug-likeness (QED) is 0.326. The summed E-state index contributed by atoms with van der Waals surface area (Å²) in [5.74, 6) is 0.907. The number of ether oxygens (including phenoxy) is 1. The molecule has 0 spiro atoms. The van der Waals surface area contributed by atoms with Gasteiger partial charge < -0.3 is 20.3 Å². The molecular weight excluding hydrogens is 350 g/mol. The third kappa shape index (κ3) is 9.53. The maximum atomic E-state index is 5.36. The SMILES string of the molecule is CCOCCCCNC(=NC)NCCCN1CCN(Cc2ccccc2)CC1. The Morgan fingerprint density at radius 1 is 0.964 bits per heavy atom. The molecule has 0 aromatic heterocycles. The number of nitrogens with one attached hydrogen (secondary N) is 2. The summed E-state index contributed by atoms with van der Waals surface area (Å²) in [6, 6.07) is 10.8. The summed E-state index contributed by atoms with van der Waals surface area (Å²) in [6.45, 7) is 12.5. The first-order valence-corrected chi connectivity index (χ1v) is 10.8. The van der Waals surface area contributed by atoms with Gasteiger partial charge in [-0.3, -0.25) is 9.89 Å². The van der Waals surface area contributed by atoms with Gasteiger partial charge in [-0.1, -0.05) is 30.3 Å². The third-order valence-corrected chi connectivity index (χ3v) is 5.09. The van der Waals surface area contributed by atoms with Crippen molar-refractivity contribution in [1.82, 2.24) is 20.4 Å². The van der Waals surface area contributed by atoms with Gasteiger partial charge in [0.15, 0.2) is 5.96 Å². The highest BCUT2D eigenvalue weighted by Crippen LogP contribution is 2.08. The van der Waals surface area contributed by atoms with Crippen molar-refractivity contribution in [2.45, 2.75) is 32.7 Å². The second kappa shape index (κ2) is 14.4. The number of rotatable bonds is 12. The first-order valence-electron chi connectivity index (χ1n) is 10.8. The minimum atomic E-state index is 0.804. The molecule has 1 aliphatic heterocycles. The monoisotopic (exact) mass is 389 g/mol. The van der Waals surface area contributed by atoms with Gasteiger partial charge in [0, 0.05) is 66.1 Å². The van der Waals surface area contributed by atoms with Crippen molar-refractivity contribution in [2.75, 3.05) is 66.1 Å². The Morgan fingerprint density at radius 3 is 2.32 bits per heavy atom. The molecule has 0 bridgehead atoms. The van der Waals surface area contributed by atoms with E-state index in [4.69, 9.17) is 4.74 Å². The van der Waals surface area contributed by atoms with Gasteiger partial charge >= 0.3 is 0 Å². The van der Waals surface area contributed by atoms with Gasteiger partial charge in [-0.05, 0) is 38.3 Å². The Labute approximate surface area is 171 Å². The van der Waals surface area contributed by atoms with Gasteiger partial charge in [0.05, 0.1) is 0 Å². The van der Waals surface area contributed by atoms with E-state index in [1.165, 1.54) is 18.7 Å². The molecule has 0 radical (unpaired) electrons. The van der Waals surface area contributed by atoms with E-state index in [-0.39, 0.29) is 0 Å². The Kier molecular flexibility index (Phi) is 11.6. The third-order valence-electron chi connectivity index (χ3n) is 5.09. The molecule has 0 aliphatic carbocycles. The number of hydrogen-bond acceptors (Lipinski definition) is 4. The zero-order chi connectivity index (χ0) is 19.9. The molecule has 1 aromatic carbocycles. The molecule has 158 valence electrons. The highest BCUT2D eigenvalue weighted by Gasteiger charge is 2.16. The summed E-state index contributed by atoms with van der Waals surface area (Å²) in [4.78, 5) is 9.43. The molecule has 1 saturated heterocycles. The summed E-state index contributed by atoms with van der Waals surface area (Å²) in [5.41, 5.74) is 1.41. The summed E-state index contributed by atoms with van der Waals surface area (Å²) in [7, 11) is 1.83. The topological polar surface area (TPSA) is 52.1 Å². The van der Waals surface area contributed by atoms with Crippen LogP contribution in [0.15, 0.2) is 35.3 Å². The lowest BCUT2D eigenvalue weighted by molar-refractivity contribution is 0.126. The Bertz CT molecular complexity index is 529. The Balaban J connectivity index is 1.49. The van der Waals surface area contributed by atoms with Crippen LogP contribution in [0, 0.1) is 0 Å². The number of unbranched alkanes of at least 4 members (excludes halogenated alkanes) is 1. The molecule has 2 rings (SSSR count). The van der Waals surface area contributed by atoms with Crippen LogP contribution in [0.4, 0.5) is 0 Å². The van der Waals surface area contributed by atoms with Crippen molar-refractivity contribution < 1.29 is 4.74 Å². The first-order chi connectivity index (χ1) is 13.8. The fourth-order valence-electron chi connectivity index (χ4n) is 3.42. The number of benzene rings is 1. The van der Waals surface area contributed by atoms with Crippen LogP contribution in [0.2, 0.25) is 0 Å². The molecule has 0 saturated carbocycles. The van der Waals surface area contributed by atoms with Crippen molar-refractivity contribution in [3.05, 3.63) is 35.9 Å². The lowest BCUT2D eigenvalue weighted by Gasteiger charge is -2.34. The van der Waals surface area contributed by atoms with Crippen molar-refractivity contribution >= 4 is 5.96 Å². The van der Waals surface area contributed by atoms with Crippen LogP contribution in [0.25, 0.3) is 0 Å². The average Bonchev–Trinajstić information content (AvgIpc) is 2.74. The van der Waals surface area contributed by atoms with E-state index in [0.29, 0.717) is 0 Å². The van der Waals surface area contributed by atoms with Crippen LogP contribution in [0.1, 0.15) is 31.7 Å². The van der Waals surface area contributed by atoms with E-state index in [1.807, 2.05) is 14.0 Å². The second-order valence-corrected chi connectivity index (χ2v) is 7.29. The number of hydrogen-bond donors (Lipinski definition) is 2. The predicted molar refractivity (Wildman–Crippen MR) is 118 cm³/mol. The van der Waals surface area contributed by atoms with Crippen molar-refractivity contribution in [3.8, 4) is 0 Å². The Hall–Kier alpha value is -1.63. The standard InChI is InChI=1S/C22H39N5O/c1-3-28-19-8-7-12-24-22(23-2)25-13-9-14-26-15-17-27(18-16-26)20-21-10-5-4-6-11-21/h4-6,10-11H,3,7-9,12-20H2,1-2H3,(H2,23,24,25). The molecule has 0 atom stereocenters. The maximum absolute atomic E-state index is 5.36. The van der Waals surface area contributed by atoms with Gasteiger partial charge in [-0.2, -0.15) is 0 Å². The minimum Gasteiger partial charge on any atom is -0.382 e. The summed E-state index contributed by atoms with van der Waals surface area (Å²) in [6.07, 6.45) is 3.34. The zero-order valence-electron chi connectivity index (χ0n) is 17.8. The van der Waals surface area contributed by atoms with Crippen LogP contribution in [-0.4, -0.2) is 81.8 Å². The minimum absolute atomic E-state index is 0.804. The molecule has 6 heteroatoms. The molecule has 28 heavy (non-hydrogen) atoms. The molecule has 1 fully saturated rings. The fraction of sp³-hybridized carbons (Fsp3) is 0.682. The number of guanidine groups is 1. The highest BCUT2D eigenvalue weighted by molar-refractivity contribution is 5.79. The van der Waals surface area contributed by atoms with Gasteiger partial charge in [0.2, 0.25) is 0 Å². The molecule has 6 nitrogen and oxygen atoms in total. The van der Waals surface area contributed by atoms with E-state index >= 15 is 0 Å². The van der Waals surface area contributed by atoms with Crippen LogP contribution in [0.5, 0.6) is 0 Å². The molecule has 2 N–H and O–H groups in total. The van der Waals surface area contributed by atoms with Crippen LogP contribution < -0.4 is 10.6 Å². The summed E-state index contributed by atoms with van der Waals surface area (Å²) >= 11 is 0. The number of nitrogens with zero attached hydrogens (tertiary/aromatic N) is 3. The summed E-state index contributed by atoms with van der Waals surface area (Å²) < 4.78 is 5.36. The van der Waals surface area contributed by atoms with Gasteiger partial charge in [0.25, 0.3) is 0 Å². The molecule has 1 aromatic rings. The molecule has 0 amide bonds. The predicted octanol–water partition coefficient (Wildman–Crippen LogP) is 2.18. The second-order valence-electron chi connectivity index (χ2n) is 7.29. The van der Waals surface area contributed by atoms with Crippen molar-refractivity contribution in [2.24, 2.45) is 4.99 Å². The van der Waals surface area contributed by atoms with E-state index in [1.54, 1.807) is 0 Å². The largest absolute Gasteiger partial charge is 0.382 e. The van der Waals surface area contributed by atoms with Gasteiger partial charge in [0.1, 0.15) is 0 Å². The molecule has 1 aliphatic rings. The Morgan fingerprint density at radius 2 is 1.64 bits per heavy atom. The van der Waals surface area contributed by atoms with E-state index in [9.17, 15) is 0 Å². The van der Waals surface area contributed by atoms with Gasteiger partial charge in [-0.25, -0.2) is 0 Å². The first kappa shape index (κ1) is 22.7. The molecule has 0 unspecified atom stereocenters. The lowest BCUT2D eigenvalue weighted by atomic mass is 10.2. The van der Waals surface area contributed by atoms with E-state index in [0.717, 1.165) is 77.7 Å². The number of piperazine rings is 1. The zero-order valence-corrected chi connectivity index (χ0v) is 17.8. The van der Waals surface area contributed by atoms with Crippen molar-refractivity contribution in [1.29, 1.82) is 0 Å². The van der Waals surface area contributed by atoms with Crippen molar-refractivity contribution in [3.63, 3.8) is 0 Å². The average molecular weight is 390 g/mol. The van der Waals surface area contributed by atoms with Crippen LogP contribution in [0.3, 0.4) is 0 Å². The molecule has 1 heterocycles. The number of aliphatic imine (C=N–C) groups is 1. The van der Waals surface area contributed by atoms with Crippen LogP contribution in [-0.2, 0) is 11.3 Å². The lowest BCUT2D eigenvalue weighted by Crippen LogP contribution is -2.46. The molecular formula is C22H39N5O. The van der Waals surface area contributed by atoms with Gasteiger partial charge in [-0.15, -0.1) is 0 Å². The highest BCUT2D eigenvalue weighted by atomic mass is 16.5. The van der Waals surface area contributed by atoms with E-state index in [2.05, 4.69) is 55.8 Å². The normalized spacial score (nSPS) is 16.3. The maximum Gasteiger partial charge on any atom is 0.190 e. The summed E-state index contributed by atoms with van der Waals surface area (Å²) in [5, 5.41) is 6.80. The smallest absolute Gasteiger partial charge is 0.190 e.